The van der Waals surface area contributed by atoms with Gasteiger partial charge in [-0.1, -0.05) is 72.8 Å². The number of aromatic amines is 1. The number of hydrogen-bond donors (Lipinski definition) is 1. The Morgan fingerprint density at radius 2 is 1.55 bits per heavy atom. The maximum Gasteiger partial charge on any atom is 0.137 e. The van der Waals surface area contributed by atoms with Gasteiger partial charge in [0.1, 0.15) is 12.2 Å². The highest BCUT2D eigenvalue weighted by molar-refractivity contribution is 6.08. The average Bonchev–Trinajstić information content (AvgIpc) is 3.43. The molecule has 4 heteroatoms. The predicted molar refractivity (Wildman–Crippen MR) is 134 cm³/mol. The summed E-state index contributed by atoms with van der Waals surface area (Å²) in [6, 6.07) is 28.0. The molecule has 7 rings (SSSR count). The van der Waals surface area contributed by atoms with Crippen LogP contribution in [0.2, 0.25) is 0 Å². The van der Waals surface area contributed by atoms with Crippen molar-refractivity contribution in [2.45, 2.75) is 25.2 Å². The SMILES string of the molecule is c1ccc2c(c1)ccc1c3c(ccc12)C(c1ncn[nH]1)CCC3.c1ccc2cnccc2c1. The summed E-state index contributed by atoms with van der Waals surface area (Å²) < 4.78 is 0. The van der Waals surface area contributed by atoms with E-state index in [2.05, 4.69) is 80.8 Å². The van der Waals surface area contributed by atoms with Gasteiger partial charge in [0, 0.05) is 18.3 Å². The van der Waals surface area contributed by atoms with Crippen molar-refractivity contribution in [1.29, 1.82) is 0 Å². The number of nitrogens with zero attached hydrogens (tertiary/aromatic N) is 3. The average molecular weight is 429 g/mol. The first-order chi connectivity index (χ1) is 16.4. The Kier molecular flexibility index (Phi) is 5.04. The number of aromatic nitrogens is 4. The standard InChI is InChI=1S/C20H17N3.C9H7N/c1-2-5-14-13(4-1)8-9-17-15-6-3-7-19(20-21-12-22-23-20)18(15)11-10-16(14)17;1-2-4-9-7-10-6-5-8(9)3-1/h1-2,4-5,8-12,19H,3,6-7H2,(H,21,22,23);1-7H. The van der Waals surface area contributed by atoms with Crippen LogP contribution in [0.3, 0.4) is 0 Å². The van der Waals surface area contributed by atoms with Crippen molar-refractivity contribution in [3.8, 4) is 0 Å². The molecule has 1 unspecified atom stereocenters. The Balaban J connectivity index is 0.000000173. The molecule has 0 amide bonds. The number of hydrogen-bond acceptors (Lipinski definition) is 3. The number of nitrogens with one attached hydrogen (secondary N) is 1. The minimum atomic E-state index is 0.345. The zero-order valence-corrected chi connectivity index (χ0v) is 18.3. The lowest BCUT2D eigenvalue weighted by molar-refractivity contribution is 0.595. The van der Waals surface area contributed by atoms with Gasteiger partial charge in [0.05, 0.1) is 0 Å². The first-order valence-corrected chi connectivity index (χ1v) is 11.5. The van der Waals surface area contributed by atoms with Crippen LogP contribution in [-0.2, 0) is 6.42 Å². The van der Waals surface area contributed by atoms with Crippen molar-refractivity contribution in [2.75, 3.05) is 0 Å². The fourth-order valence-electron chi connectivity index (χ4n) is 5.11. The van der Waals surface area contributed by atoms with E-state index in [1.54, 1.807) is 6.33 Å². The fourth-order valence-corrected chi connectivity index (χ4v) is 5.11. The number of rotatable bonds is 1. The van der Waals surface area contributed by atoms with E-state index in [1.807, 2.05) is 30.6 Å². The Labute approximate surface area is 192 Å². The second kappa shape index (κ2) is 8.47. The number of pyridine rings is 1. The molecule has 160 valence electrons. The molecule has 1 aliphatic rings. The van der Waals surface area contributed by atoms with Crippen LogP contribution >= 0.6 is 0 Å². The van der Waals surface area contributed by atoms with E-state index < -0.39 is 0 Å². The molecule has 33 heavy (non-hydrogen) atoms. The molecule has 0 bridgehead atoms. The minimum Gasteiger partial charge on any atom is -0.264 e. The Morgan fingerprint density at radius 1 is 0.727 bits per heavy atom. The molecule has 0 radical (unpaired) electrons. The van der Waals surface area contributed by atoms with Crippen LogP contribution in [0.25, 0.3) is 32.3 Å². The summed E-state index contributed by atoms with van der Waals surface area (Å²) in [7, 11) is 0. The lowest BCUT2D eigenvalue weighted by Crippen LogP contribution is -2.13. The molecule has 4 aromatic carbocycles. The largest absolute Gasteiger partial charge is 0.264 e. The van der Waals surface area contributed by atoms with E-state index >= 15 is 0 Å². The molecule has 6 aromatic rings. The highest BCUT2D eigenvalue weighted by Crippen LogP contribution is 2.40. The second-order valence-electron chi connectivity index (χ2n) is 8.55. The van der Waals surface area contributed by atoms with Crippen molar-refractivity contribution < 1.29 is 0 Å². The van der Waals surface area contributed by atoms with Crippen LogP contribution in [0, 0.1) is 0 Å². The van der Waals surface area contributed by atoms with Crippen LogP contribution in [0.4, 0.5) is 0 Å². The van der Waals surface area contributed by atoms with Crippen molar-refractivity contribution in [1.82, 2.24) is 20.2 Å². The molecule has 1 aliphatic carbocycles. The van der Waals surface area contributed by atoms with Gasteiger partial charge < -0.3 is 0 Å². The fraction of sp³-hybridized carbons (Fsp3) is 0.138. The molecule has 0 saturated carbocycles. The Bertz CT molecular complexity index is 1490. The molecule has 1 atom stereocenters. The van der Waals surface area contributed by atoms with Crippen LogP contribution in [-0.4, -0.2) is 20.2 Å². The smallest absolute Gasteiger partial charge is 0.137 e. The van der Waals surface area contributed by atoms with E-state index in [9.17, 15) is 0 Å². The van der Waals surface area contributed by atoms with Gasteiger partial charge >= 0.3 is 0 Å². The predicted octanol–water partition coefficient (Wildman–Crippen LogP) is 6.81. The maximum absolute atomic E-state index is 4.40. The van der Waals surface area contributed by atoms with Gasteiger partial charge in [-0.2, -0.15) is 5.10 Å². The molecule has 2 aromatic heterocycles. The third kappa shape index (κ3) is 3.64. The zero-order valence-electron chi connectivity index (χ0n) is 18.3. The molecule has 1 N–H and O–H groups in total. The lowest BCUT2D eigenvalue weighted by Gasteiger charge is -2.25. The quantitative estimate of drug-likeness (QED) is 0.293. The zero-order chi connectivity index (χ0) is 22.0. The van der Waals surface area contributed by atoms with Crippen LogP contribution in [0.1, 0.15) is 35.7 Å². The van der Waals surface area contributed by atoms with Gasteiger partial charge in [-0.3, -0.25) is 10.1 Å². The van der Waals surface area contributed by atoms with E-state index in [1.165, 1.54) is 49.9 Å². The summed E-state index contributed by atoms with van der Waals surface area (Å²) in [5.74, 6) is 1.34. The van der Waals surface area contributed by atoms with Gasteiger partial charge in [0.2, 0.25) is 0 Å². The van der Waals surface area contributed by atoms with Gasteiger partial charge in [-0.15, -0.1) is 0 Å². The van der Waals surface area contributed by atoms with Gasteiger partial charge in [0.25, 0.3) is 0 Å². The Hall–Kier alpha value is -4.05. The lowest BCUT2D eigenvalue weighted by atomic mass is 9.79. The monoisotopic (exact) mass is 428 g/mol. The second-order valence-corrected chi connectivity index (χ2v) is 8.55. The van der Waals surface area contributed by atoms with Gasteiger partial charge in [-0.25, -0.2) is 4.98 Å². The topological polar surface area (TPSA) is 54.5 Å². The number of fused-ring (bicyclic) bond motifs is 6. The van der Waals surface area contributed by atoms with E-state index in [4.69, 9.17) is 0 Å². The van der Waals surface area contributed by atoms with Crippen molar-refractivity contribution >= 4 is 32.3 Å². The van der Waals surface area contributed by atoms with Crippen molar-refractivity contribution in [2.24, 2.45) is 0 Å². The first kappa shape index (κ1) is 19.6. The normalized spacial score (nSPS) is 15.2. The minimum absolute atomic E-state index is 0.345. The van der Waals surface area contributed by atoms with Crippen molar-refractivity contribution in [3.63, 3.8) is 0 Å². The summed E-state index contributed by atoms with van der Waals surface area (Å²) in [5, 5.41) is 15.0. The number of aryl methyl sites for hydroxylation is 1. The summed E-state index contributed by atoms with van der Waals surface area (Å²) in [6.07, 6.45) is 8.77. The number of H-pyrrole nitrogens is 1. The highest BCUT2D eigenvalue weighted by Gasteiger charge is 2.25. The summed E-state index contributed by atoms with van der Waals surface area (Å²) in [4.78, 5) is 8.41. The summed E-state index contributed by atoms with van der Waals surface area (Å²) in [5.41, 5.74) is 2.90. The molecule has 0 spiro atoms. The first-order valence-electron chi connectivity index (χ1n) is 11.5. The van der Waals surface area contributed by atoms with E-state index in [0.29, 0.717) is 5.92 Å². The third-order valence-corrected chi connectivity index (χ3v) is 6.68. The molecule has 0 fully saturated rings. The Morgan fingerprint density at radius 3 is 2.39 bits per heavy atom. The van der Waals surface area contributed by atoms with Crippen LogP contribution in [0.15, 0.2) is 97.6 Å². The summed E-state index contributed by atoms with van der Waals surface area (Å²) in [6.45, 7) is 0. The molecule has 0 aliphatic heterocycles. The number of benzene rings is 4. The van der Waals surface area contributed by atoms with Crippen LogP contribution < -0.4 is 0 Å². The maximum atomic E-state index is 4.40. The highest BCUT2D eigenvalue weighted by atomic mass is 15.2. The summed E-state index contributed by atoms with van der Waals surface area (Å²) >= 11 is 0. The molecule has 0 saturated heterocycles. The van der Waals surface area contributed by atoms with E-state index in [0.717, 1.165) is 18.7 Å². The van der Waals surface area contributed by atoms with E-state index in [-0.39, 0.29) is 0 Å². The molecular formula is C29H24N4. The van der Waals surface area contributed by atoms with Gasteiger partial charge in [0.15, 0.2) is 0 Å². The molecule has 2 heterocycles. The third-order valence-electron chi connectivity index (χ3n) is 6.68. The molecule has 4 nitrogen and oxygen atoms in total. The van der Waals surface area contributed by atoms with Crippen LogP contribution in [0.5, 0.6) is 0 Å². The van der Waals surface area contributed by atoms with Gasteiger partial charge in [-0.05, 0) is 68.8 Å². The van der Waals surface area contributed by atoms with Crippen molar-refractivity contribution in [3.05, 3.63) is 115 Å². The molecular weight excluding hydrogens is 404 g/mol.